The Bertz CT molecular complexity index is 583. The van der Waals surface area contributed by atoms with Gasteiger partial charge in [0, 0.05) is 28.4 Å². The molecular weight excluding hydrogens is 286 g/mol. The van der Waals surface area contributed by atoms with E-state index in [1.807, 2.05) is 6.07 Å². The van der Waals surface area contributed by atoms with E-state index in [2.05, 4.69) is 24.4 Å². The van der Waals surface area contributed by atoms with Crippen LogP contribution in [0.4, 0.5) is 0 Å². The van der Waals surface area contributed by atoms with Crippen LogP contribution >= 0.6 is 11.3 Å². The molecule has 0 spiro atoms. The number of aliphatic hydroxyl groups is 1. The Morgan fingerprint density at radius 2 is 2.00 bits per heavy atom. The number of rotatable bonds is 7. The molecule has 1 aromatic carbocycles. The van der Waals surface area contributed by atoms with Crippen molar-refractivity contribution >= 4 is 11.3 Å². The average molecular weight is 307 g/mol. The van der Waals surface area contributed by atoms with E-state index < -0.39 is 6.10 Å². The fourth-order valence-corrected chi connectivity index (χ4v) is 2.98. The molecule has 0 amide bonds. The van der Waals surface area contributed by atoms with Crippen LogP contribution in [0.1, 0.15) is 21.4 Å². The quantitative estimate of drug-likeness (QED) is 0.826. The SMILES string of the molecule is COc1ccc(OC)c(C(O)CNCc2ccc(C)s2)c1. The fourth-order valence-electron chi connectivity index (χ4n) is 2.12. The third-order valence-electron chi connectivity index (χ3n) is 3.23. The van der Waals surface area contributed by atoms with Crippen LogP contribution in [0.2, 0.25) is 0 Å². The second-order valence-corrected chi connectivity index (χ2v) is 6.14. The minimum Gasteiger partial charge on any atom is -0.497 e. The van der Waals surface area contributed by atoms with E-state index in [1.165, 1.54) is 9.75 Å². The maximum Gasteiger partial charge on any atom is 0.124 e. The van der Waals surface area contributed by atoms with E-state index in [0.29, 0.717) is 18.0 Å². The van der Waals surface area contributed by atoms with E-state index in [4.69, 9.17) is 9.47 Å². The average Bonchev–Trinajstić information content (AvgIpc) is 2.91. The summed E-state index contributed by atoms with van der Waals surface area (Å²) in [5.41, 5.74) is 0.728. The molecule has 21 heavy (non-hydrogen) atoms. The van der Waals surface area contributed by atoms with Crippen LogP contribution < -0.4 is 14.8 Å². The normalized spacial score (nSPS) is 12.2. The lowest BCUT2D eigenvalue weighted by Gasteiger charge is -2.16. The number of nitrogens with one attached hydrogen (secondary N) is 1. The lowest BCUT2D eigenvalue weighted by atomic mass is 10.1. The predicted molar refractivity (Wildman–Crippen MR) is 85.3 cm³/mol. The van der Waals surface area contributed by atoms with Crippen LogP contribution in [0.5, 0.6) is 11.5 Å². The van der Waals surface area contributed by atoms with Crippen LogP contribution in [0, 0.1) is 6.92 Å². The van der Waals surface area contributed by atoms with Gasteiger partial charge in [-0.3, -0.25) is 0 Å². The number of benzene rings is 1. The zero-order valence-corrected chi connectivity index (χ0v) is 13.4. The minimum absolute atomic E-state index is 0.459. The van der Waals surface area contributed by atoms with Gasteiger partial charge in [-0.15, -0.1) is 11.3 Å². The number of aryl methyl sites for hydroxylation is 1. The van der Waals surface area contributed by atoms with Gasteiger partial charge in [-0.2, -0.15) is 0 Å². The first-order valence-corrected chi connectivity index (χ1v) is 7.61. The van der Waals surface area contributed by atoms with Crippen LogP contribution in [0.25, 0.3) is 0 Å². The van der Waals surface area contributed by atoms with Crippen molar-refractivity contribution in [2.24, 2.45) is 0 Å². The van der Waals surface area contributed by atoms with E-state index in [9.17, 15) is 5.11 Å². The summed E-state index contributed by atoms with van der Waals surface area (Å²) in [6.45, 7) is 3.30. The molecule has 0 radical (unpaired) electrons. The van der Waals surface area contributed by atoms with Crippen molar-refractivity contribution in [1.82, 2.24) is 5.32 Å². The molecule has 0 aliphatic heterocycles. The first-order chi connectivity index (χ1) is 10.1. The monoisotopic (exact) mass is 307 g/mol. The number of hydrogen-bond acceptors (Lipinski definition) is 5. The maximum absolute atomic E-state index is 10.3. The molecule has 2 N–H and O–H groups in total. The third-order valence-corrected chi connectivity index (χ3v) is 4.23. The van der Waals surface area contributed by atoms with Crippen LogP contribution in [0.15, 0.2) is 30.3 Å². The molecule has 0 saturated carbocycles. The van der Waals surface area contributed by atoms with Gasteiger partial charge in [0.15, 0.2) is 0 Å². The van der Waals surface area contributed by atoms with Gasteiger partial charge < -0.3 is 19.9 Å². The summed E-state index contributed by atoms with van der Waals surface area (Å²) in [7, 11) is 3.20. The molecule has 5 heteroatoms. The Morgan fingerprint density at radius 1 is 1.19 bits per heavy atom. The van der Waals surface area contributed by atoms with Gasteiger partial charge in [0.1, 0.15) is 11.5 Å². The van der Waals surface area contributed by atoms with E-state index in [1.54, 1.807) is 37.7 Å². The Labute approximate surface area is 129 Å². The largest absolute Gasteiger partial charge is 0.497 e. The van der Waals surface area contributed by atoms with E-state index in [0.717, 1.165) is 12.1 Å². The Balaban J connectivity index is 1.97. The van der Waals surface area contributed by atoms with Gasteiger partial charge >= 0.3 is 0 Å². The zero-order chi connectivity index (χ0) is 15.2. The molecule has 1 aromatic heterocycles. The summed E-state index contributed by atoms with van der Waals surface area (Å²) in [5.74, 6) is 1.37. The predicted octanol–water partition coefficient (Wildman–Crippen LogP) is 2.90. The molecule has 0 fully saturated rings. The van der Waals surface area contributed by atoms with E-state index >= 15 is 0 Å². The number of methoxy groups -OCH3 is 2. The van der Waals surface area contributed by atoms with Gasteiger partial charge in [-0.1, -0.05) is 0 Å². The molecule has 0 aliphatic carbocycles. The Hall–Kier alpha value is -1.56. The van der Waals surface area contributed by atoms with Crippen LogP contribution in [-0.4, -0.2) is 25.9 Å². The Kier molecular flexibility index (Phi) is 5.61. The number of thiophene rings is 1. The first-order valence-electron chi connectivity index (χ1n) is 6.80. The molecule has 1 unspecified atom stereocenters. The van der Waals surface area contributed by atoms with E-state index in [-0.39, 0.29) is 0 Å². The second-order valence-electron chi connectivity index (χ2n) is 4.77. The first kappa shape index (κ1) is 15.8. The second kappa shape index (κ2) is 7.45. The van der Waals surface area contributed by atoms with Crippen molar-refractivity contribution in [3.8, 4) is 11.5 Å². The lowest BCUT2D eigenvalue weighted by Crippen LogP contribution is -2.21. The van der Waals surface area contributed by atoms with Gasteiger partial charge in [0.05, 0.1) is 20.3 Å². The number of aliphatic hydroxyl groups excluding tert-OH is 1. The smallest absolute Gasteiger partial charge is 0.124 e. The van der Waals surface area contributed by atoms with Gasteiger partial charge in [0.25, 0.3) is 0 Å². The molecule has 1 heterocycles. The summed E-state index contributed by atoms with van der Waals surface area (Å²) in [6, 6.07) is 9.63. The highest BCUT2D eigenvalue weighted by Crippen LogP contribution is 2.29. The summed E-state index contributed by atoms with van der Waals surface area (Å²) in [4.78, 5) is 2.55. The van der Waals surface area contributed by atoms with Crippen molar-refractivity contribution in [3.05, 3.63) is 45.6 Å². The van der Waals surface area contributed by atoms with Crippen molar-refractivity contribution in [1.29, 1.82) is 0 Å². The maximum atomic E-state index is 10.3. The highest BCUT2D eigenvalue weighted by atomic mass is 32.1. The van der Waals surface area contributed by atoms with Gasteiger partial charge in [0.2, 0.25) is 0 Å². The molecule has 0 bridgehead atoms. The summed E-state index contributed by atoms with van der Waals surface area (Å²) in [5, 5.41) is 13.6. The third kappa shape index (κ3) is 4.20. The molecule has 1 atom stereocenters. The molecule has 114 valence electrons. The Morgan fingerprint density at radius 3 is 2.62 bits per heavy atom. The summed E-state index contributed by atoms with van der Waals surface area (Å²) < 4.78 is 10.5. The number of hydrogen-bond donors (Lipinski definition) is 2. The van der Waals surface area contributed by atoms with Crippen molar-refractivity contribution in [3.63, 3.8) is 0 Å². The summed E-state index contributed by atoms with van der Waals surface area (Å²) >= 11 is 1.76. The van der Waals surface area contributed by atoms with Crippen LogP contribution in [0.3, 0.4) is 0 Å². The molecule has 0 saturated heterocycles. The molecular formula is C16H21NO3S. The molecule has 0 aliphatic rings. The van der Waals surface area contributed by atoms with Crippen molar-refractivity contribution in [2.45, 2.75) is 19.6 Å². The van der Waals surface area contributed by atoms with Crippen molar-refractivity contribution < 1.29 is 14.6 Å². The minimum atomic E-state index is -0.642. The van der Waals surface area contributed by atoms with Crippen molar-refractivity contribution in [2.75, 3.05) is 20.8 Å². The standard InChI is InChI=1S/C16H21NO3S/c1-11-4-6-13(21-11)9-17-10-15(18)14-8-12(19-2)5-7-16(14)20-3/h4-8,15,17-18H,9-10H2,1-3H3. The number of ether oxygens (including phenoxy) is 2. The highest BCUT2D eigenvalue weighted by Gasteiger charge is 2.14. The highest BCUT2D eigenvalue weighted by molar-refractivity contribution is 7.11. The summed E-state index contributed by atoms with van der Waals surface area (Å²) in [6.07, 6.45) is -0.642. The molecule has 2 rings (SSSR count). The molecule has 2 aromatic rings. The zero-order valence-electron chi connectivity index (χ0n) is 12.6. The lowest BCUT2D eigenvalue weighted by molar-refractivity contribution is 0.170. The fraction of sp³-hybridized carbons (Fsp3) is 0.375. The topological polar surface area (TPSA) is 50.7 Å². The van der Waals surface area contributed by atoms with Gasteiger partial charge in [-0.25, -0.2) is 0 Å². The van der Waals surface area contributed by atoms with Crippen LogP contribution in [-0.2, 0) is 6.54 Å². The van der Waals surface area contributed by atoms with Gasteiger partial charge in [-0.05, 0) is 37.3 Å². The molecule has 4 nitrogen and oxygen atoms in total.